The van der Waals surface area contributed by atoms with Crippen molar-refractivity contribution >= 4 is 22.4 Å². The smallest absolute Gasteiger partial charge is 0.244 e. The van der Waals surface area contributed by atoms with Gasteiger partial charge in [0.1, 0.15) is 17.1 Å². The second kappa shape index (κ2) is 10.4. The maximum absolute atomic E-state index is 12.9. The molecule has 0 spiro atoms. The number of methoxy groups -OCH3 is 1. The Balaban J connectivity index is 1.74. The van der Waals surface area contributed by atoms with E-state index in [1.807, 2.05) is 45.0 Å². The van der Waals surface area contributed by atoms with Crippen LogP contribution in [-0.4, -0.2) is 25.7 Å². The molecule has 2 aromatic carbocycles. The molecule has 5 heteroatoms. The molecule has 1 aliphatic carbocycles. The summed E-state index contributed by atoms with van der Waals surface area (Å²) in [5, 5.41) is 4.21. The minimum atomic E-state index is -0.0448. The number of benzene rings is 2. The average molecular weight is 462 g/mol. The van der Waals surface area contributed by atoms with Gasteiger partial charge in [0, 0.05) is 34.2 Å². The third-order valence-electron chi connectivity index (χ3n) is 6.92. The zero-order valence-electron chi connectivity index (χ0n) is 20.9. The normalized spacial score (nSPS) is 18.7. The first-order chi connectivity index (χ1) is 16.4. The van der Waals surface area contributed by atoms with Crippen molar-refractivity contribution in [1.82, 2.24) is 5.32 Å². The van der Waals surface area contributed by atoms with E-state index in [1.54, 1.807) is 19.4 Å². The summed E-state index contributed by atoms with van der Waals surface area (Å²) >= 11 is 0. The minimum absolute atomic E-state index is 0.0448. The Morgan fingerprint density at radius 3 is 2.76 bits per heavy atom. The third kappa shape index (κ3) is 4.84. The van der Waals surface area contributed by atoms with Crippen LogP contribution in [0, 0.1) is 12.8 Å². The molecule has 1 saturated carbocycles. The number of ether oxygens (including phenoxy) is 2. The van der Waals surface area contributed by atoms with Gasteiger partial charge in [-0.15, -0.1) is 0 Å². The summed E-state index contributed by atoms with van der Waals surface area (Å²) in [4.78, 5) is 12.9. The molecule has 180 valence electrons. The second-order valence-electron chi connectivity index (χ2n) is 9.27. The maximum atomic E-state index is 12.9. The van der Waals surface area contributed by atoms with E-state index in [0.29, 0.717) is 12.5 Å². The van der Waals surface area contributed by atoms with Crippen LogP contribution in [0.1, 0.15) is 57.6 Å². The van der Waals surface area contributed by atoms with Gasteiger partial charge in [-0.1, -0.05) is 31.9 Å². The van der Waals surface area contributed by atoms with E-state index in [2.05, 4.69) is 18.3 Å². The number of aryl methyl sites for hydroxylation is 1. The lowest BCUT2D eigenvalue weighted by Gasteiger charge is -2.29. The zero-order chi connectivity index (χ0) is 24.2. The predicted molar refractivity (Wildman–Crippen MR) is 137 cm³/mol. The summed E-state index contributed by atoms with van der Waals surface area (Å²) in [6, 6.07) is 10.3. The number of carbonyl (C=O) groups excluding carboxylic acids is 1. The lowest BCUT2D eigenvalue weighted by Crippen LogP contribution is -2.40. The van der Waals surface area contributed by atoms with Gasteiger partial charge < -0.3 is 19.2 Å². The molecule has 1 aromatic heterocycles. The van der Waals surface area contributed by atoms with Crippen LogP contribution in [0.25, 0.3) is 27.7 Å². The molecular weight excluding hydrogens is 426 g/mol. The number of hydrogen-bond acceptors (Lipinski definition) is 4. The molecule has 1 amide bonds. The van der Waals surface area contributed by atoms with Crippen molar-refractivity contribution in [3.05, 3.63) is 53.8 Å². The zero-order valence-corrected chi connectivity index (χ0v) is 20.9. The molecule has 0 radical (unpaired) electrons. The van der Waals surface area contributed by atoms with Crippen LogP contribution >= 0.6 is 0 Å². The van der Waals surface area contributed by atoms with Crippen molar-refractivity contribution in [3.63, 3.8) is 0 Å². The predicted octanol–water partition coefficient (Wildman–Crippen LogP) is 6.91. The maximum Gasteiger partial charge on any atom is 0.244 e. The number of nitrogens with one attached hydrogen (secondary N) is 1. The number of furan rings is 1. The van der Waals surface area contributed by atoms with E-state index >= 15 is 0 Å². The molecule has 1 heterocycles. The van der Waals surface area contributed by atoms with Gasteiger partial charge in [0.15, 0.2) is 0 Å². The highest BCUT2D eigenvalue weighted by molar-refractivity contribution is 6.01. The molecule has 0 saturated heterocycles. The Bertz CT molecular complexity index is 1210. The number of fused-ring (bicyclic) bond motifs is 1. The number of rotatable bonds is 7. The first-order valence-electron chi connectivity index (χ1n) is 12.2. The Hall–Kier alpha value is -3.21. The van der Waals surface area contributed by atoms with Gasteiger partial charge in [-0.05, 0) is 68.9 Å². The Kier molecular flexibility index (Phi) is 7.30. The van der Waals surface area contributed by atoms with Crippen LogP contribution in [0.15, 0.2) is 47.1 Å². The van der Waals surface area contributed by atoms with Crippen molar-refractivity contribution in [3.8, 4) is 22.6 Å². The second-order valence-corrected chi connectivity index (χ2v) is 9.27. The summed E-state index contributed by atoms with van der Waals surface area (Å²) in [5.41, 5.74) is 5.49. The molecule has 1 fully saturated rings. The number of amides is 1. The third-order valence-corrected chi connectivity index (χ3v) is 6.92. The largest absolute Gasteiger partial charge is 0.497 e. The van der Waals surface area contributed by atoms with Crippen molar-refractivity contribution in [2.75, 3.05) is 13.7 Å². The van der Waals surface area contributed by atoms with Crippen LogP contribution in [-0.2, 0) is 4.79 Å². The Labute approximate surface area is 202 Å². The fourth-order valence-electron chi connectivity index (χ4n) is 4.98. The first-order valence-corrected chi connectivity index (χ1v) is 12.2. The van der Waals surface area contributed by atoms with E-state index in [0.717, 1.165) is 56.7 Å². The van der Waals surface area contributed by atoms with Crippen LogP contribution in [0.2, 0.25) is 0 Å². The van der Waals surface area contributed by atoms with Crippen LogP contribution in [0.3, 0.4) is 0 Å². The van der Waals surface area contributed by atoms with Gasteiger partial charge in [-0.3, -0.25) is 4.79 Å². The Morgan fingerprint density at radius 1 is 1.24 bits per heavy atom. The molecule has 0 aliphatic heterocycles. The van der Waals surface area contributed by atoms with E-state index in [4.69, 9.17) is 13.9 Å². The van der Waals surface area contributed by atoms with E-state index in [-0.39, 0.29) is 11.9 Å². The highest BCUT2D eigenvalue weighted by Gasteiger charge is 2.23. The topological polar surface area (TPSA) is 60.7 Å². The minimum Gasteiger partial charge on any atom is -0.497 e. The summed E-state index contributed by atoms with van der Waals surface area (Å²) in [7, 11) is 1.66. The Morgan fingerprint density at radius 2 is 2.03 bits per heavy atom. The van der Waals surface area contributed by atoms with Gasteiger partial charge in [0.25, 0.3) is 0 Å². The molecule has 2 unspecified atom stereocenters. The highest BCUT2D eigenvalue weighted by atomic mass is 16.5. The molecule has 5 nitrogen and oxygen atoms in total. The van der Waals surface area contributed by atoms with Crippen LogP contribution in [0.4, 0.5) is 0 Å². The van der Waals surface area contributed by atoms with Crippen molar-refractivity contribution in [2.24, 2.45) is 5.92 Å². The molecule has 4 rings (SSSR count). The lowest BCUT2D eigenvalue weighted by atomic mass is 9.86. The number of carbonyl (C=O) groups is 1. The van der Waals surface area contributed by atoms with E-state index in [1.165, 1.54) is 19.3 Å². The average Bonchev–Trinajstić information content (AvgIpc) is 3.26. The van der Waals surface area contributed by atoms with Crippen molar-refractivity contribution < 1.29 is 18.7 Å². The van der Waals surface area contributed by atoms with Crippen molar-refractivity contribution in [2.45, 2.75) is 59.4 Å². The summed E-state index contributed by atoms with van der Waals surface area (Å²) in [6.07, 6.45) is 8.13. The van der Waals surface area contributed by atoms with Crippen LogP contribution in [0.5, 0.6) is 11.5 Å². The van der Waals surface area contributed by atoms with Gasteiger partial charge in [-0.25, -0.2) is 0 Å². The first kappa shape index (κ1) is 23.9. The molecule has 3 aromatic rings. The van der Waals surface area contributed by atoms with Crippen LogP contribution < -0.4 is 14.8 Å². The molecule has 0 bridgehead atoms. The van der Waals surface area contributed by atoms with Gasteiger partial charge >= 0.3 is 0 Å². The molecule has 34 heavy (non-hydrogen) atoms. The van der Waals surface area contributed by atoms with E-state index in [9.17, 15) is 4.79 Å². The fourth-order valence-corrected chi connectivity index (χ4v) is 4.98. The van der Waals surface area contributed by atoms with Gasteiger partial charge in [0.2, 0.25) is 5.91 Å². The number of hydrogen-bond donors (Lipinski definition) is 1. The SMILES string of the molecule is CCOc1c(/C(C)=C/C(=O)NC2CCCCC2C)cc2c(-c3cccc(OC)c3)coc2c1C. The van der Waals surface area contributed by atoms with E-state index < -0.39 is 0 Å². The van der Waals surface area contributed by atoms with Gasteiger partial charge in [-0.2, -0.15) is 0 Å². The van der Waals surface area contributed by atoms with Gasteiger partial charge in [0.05, 0.1) is 20.0 Å². The summed E-state index contributed by atoms with van der Waals surface area (Å²) in [5.74, 6) is 2.02. The molecular formula is C29H35NO4. The number of allylic oxidation sites excluding steroid dienone is 1. The summed E-state index contributed by atoms with van der Waals surface area (Å²) < 4.78 is 17.5. The highest BCUT2D eigenvalue weighted by Crippen LogP contribution is 2.41. The lowest BCUT2D eigenvalue weighted by molar-refractivity contribution is -0.117. The summed E-state index contributed by atoms with van der Waals surface area (Å²) in [6.45, 7) is 8.70. The molecule has 1 N–H and O–H groups in total. The standard InChI is InChI=1S/C29H35NO4/c1-6-33-28-20(4)29-24(25(17-34-29)21-11-9-12-22(15-21)32-5)16-23(28)19(3)14-27(31)30-26-13-8-7-10-18(26)2/h9,11-12,14-18,26H,6-8,10,13H2,1-5H3,(H,30,31)/b19-14+. The quantitative estimate of drug-likeness (QED) is 0.388. The molecule has 1 aliphatic rings. The monoisotopic (exact) mass is 461 g/mol. The van der Waals surface area contributed by atoms with Crippen molar-refractivity contribution in [1.29, 1.82) is 0 Å². The fraction of sp³-hybridized carbons (Fsp3) is 0.414. The molecule has 2 atom stereocenters.